The first-order valence-electron chi connectivity index (χ1n) is 5.62. The average molecular weight is 304 g/mol. The number of rotatable bonds is 3. The summed E-state index contributed by atoms with van der Waals surface area (Å²) in [6.07, 6.45) is -4.85. The van der Waals surface area contributed by atoms with Gasteiger partial charge in [0.25, 0.3) is 0 Å². The molecule has 0 radical (unpaired) electrons. The molecule has 0 atom stereocenters. The Kier molecular flexibility index (Phi) is 3.88. The zero-order chi connectivity index (χ0) is 15.6. The fourth-order valence-corrected chi connectivity index (χ4v) is 1.63. The van der Waals surface area contributed by atoms with Gasteiger partial charge in [0.1, 0.15) is 11.4 Å². The quantitative estimate of drug-likeness (QED) is 0.660. The number of benzene rings is 2. The first-order valence-corrected chi connectivity index (χ1v) is 5.62. The Bertz CT molecular complexity index is 634. The van der Waals surface area contributed by atoms with Gasteiger partial charge < -0.3 is 15.8 Å². The van der Waals surface area contributed by atoms with Crippen molar-refractivity contribution in [3.8, 4) is 5.75 Å². The normalized spacial score (nSPS) is 11.3. The van der Waals surface area contributed by atoms with Crippen molar-refractivity contribution in [3.05, 3.63) is 48.0 Å². The number of nitrogen functional groups attached to an aromatic ring is 1. The van der Waals surface area contributed by atoms with Crippen LogP contribution in [-0.2, 0) is 0 Å². The molecule has 0 aliphatic heterocycles. The number of ether oxygens (including phenoxy) is 1. The Morgan fingerprint density at radius 1 is 1.00 bits per heavy atom. The van der Waals surface area contributed by atoms with E-state index in [2.05, 4.69) is 10.1 Å². The van der Waals surface area contributed by atoms with Crippen molar-refractivity contribution in [1.82, 2.24) is 0 Å². The molecule has 112 valence electrons. The molecule has 3 nitrogen and oxygen atoms in total. The standard InChI is InChI=1S/C13H9F5N2O/c14-10-4-7(19)5-11(15)12(10)20-8-2-1-3-9(6-8)21-13(16,17)18/h1-6,20H,19H2. The van der Waals surface area contributed by atoms with Crippen LogP contribution >= 0.6 is 0 Å². The highest BCUT2D eigenvalue weighted by molar-refractivity contribution is 5.64. The molecular formula is C13H9F5N2O. The van der Waals surface area contributed by atoms with Crippen LogP contribution < -0.4 is 15.8 Å². The van der Waals surface area contributed by atoms with E-state index >= 15 is 0 Å². The number of nitrogens with one attached hydrogen (secondary N) is 1. The molecule has 3 N–H and O–H groups in total. The van der Waals surface area contributed by atoms with Crippen molar-refractivity contribution >= 4 is 17.1 Å². The molecule has 0 saturated heterocycles. The number of hydrogen-bond donors (Lipinski definition) is 2. The van der Waals surface area contributed by atoms with Gasteiger partial charge in [-0.05, 0) is 24.3 Å². The molecule has 0 heterocycles. The fraction of sp³-hybridized carbons (Fsp3) is 0.0769. The lowest BCUT2D eigenvalue weighted by molar-refractivity contribution is -0.274. The topological polar surface area (TPSA) is 47.3 Å². The van der Waals surface area contributed by atoms with Crippen molar-refractivity contribution in [2.24, 2.45) is 0 Å². The summed E-state index contributed by atoms with van der Waals surface area (Å²) in [5.41, 5.74) is 4.66. The van der Waals surface area contributed by atoms with Crippen molar-refractivity contribution in [2.45, 2.75) is 6.36 Å². The Morgan fingerprint density at radius 3 is 2.19 bits per heavy atom. The highest BCUT2D eigenvalue weighted by atomic mass is 19.4. The van der Waals surface area contributed by atoms with Crippen LogP contribution in [0.25, 0.3) is 0 Å². The lowest BCUT2D eigenvalue weighted by atomic mass is 10.2. The summed E-state index contributed by atoms with van der Waals surface area (Å²) < 4.78 is 67.2. The largest absolute Gasteiger partial charge is 0.573 e. The van der Waals surface area contributed by atoms with E-state index in [4.69, 9.17) is 5.73 Å². The average Bonchev–Trinajstić information content (AvgIpc) is 2.32. The summed E-state index contributed by atoms with van der Waals surface area (Å²) in [6, 6.07) is 6.38. The molecule has 2 rings (SSSR count). The van der Waals surface area contributed by atoms with E-state index in [1.807, 2.05) is 0 Å². The molecule has 0 fully saturated rings. The van der Waals surface area contributed by atoms with E-state index < -0.39 is 29.4 Å². The van der Waals surface area contributed by atoms with Crippen molar-refractivity contribution < 1.29 is 26.7 Å². The van der Waals surface area contributed by atoms with Crippen molar-refractivity contribution in [2.75, 3.05) is 11.1 Å². The summed E-state index contributed by atoms with van der Waals surface area (Å²) in [6.45, 7) is 0. The zero-order valence-corrected chi connectivity index (χ0v) is 10.3. The molecule has 0 spiro atoms. The van der Waals surface area contributed by atoms with Gasteiger partial charge in [0.05, 0.1) is 0 Å². The van der Waals surface area contributed by atoms with Crippen molar-refractivity contribution in [3.63, 3.8) is 0 Å². The first kappa shape index (κ1) is 14.9. The third-order valence-corrected chi connectivity index (χ3v) is 2.40. The van der Waals surface area contributed by atoms with Crippen LogP contribution in [0.5, 0.6) is 5.75 Å². The summed E-state index contributed by atoms with van der Waals surface area (Å²) in [5, 5.41) is 2.34. The molecule has 0 aromatic heterocycles. The van der Waals surface area contributed by atoms with Crippen LogP contribution in [-0.4, -0.2) is 6.36 Å². The van der Waals surface area contributed by atoms with Gasteiger partial charge in [0, 0.05) is 17.4 Å². The molecule has 0 aliphatic carbocycles. The number of alkyl halides is 3. The third-order valence-electron chi connectivity index (χ3n) is 2.40. The molecule has 0 saturated carbocycles. The van der Waals surface area contributed by atoms with Crippen LogP contribution in [0.2, 0.25) is 0 Å². The van der Waals surface area contributed by atoms with E-state index in [0.717, 1.165) is 24.3 Å². The predicted molar refractivity (Wildman–Crippen MR) is 67.2 cm³/mol. The Balaban J connectivity index is 2.27. The van der Waals surface area contributed by atoms with Gasteiger partial charge in [-0.15, -0.1) is 13.2 Å². The Labute approximate surface area is 116 Å². The molecule has 0 bridgehead atoms. The molecule has 8 heteroatoms. The molecule has 0 aliphatic rings. The molecule has 21 heavy (non-hydrogen) atoms. The monoisotopic (exact) mass is 304 g/mol. The lowest BCUT2D eigenvalue weighted by Gasteiger charge is -2.12. The Morgan fingerprint density at radius 2 is 1.62 bits per heavy atom. The molecule has 0 unspecified atom stereocenters. The molecular weight excluding hydrogens is 295 g/mol. The van der Waals surface area contributed by atoms with Gasteiger partial charge >= 0.3 is 6.36 Å². The van der Waals surface area contributed by atoms with E-state index in [-0.39, 0.29) is 11.4 Å². The van der Waals surface area contributed by atoms with Crippen LogP contribution in [0, 0.1) is 11.6 Å². The maximum Gasteiger partial charge on any atom is 0.573 e. The number of halogens is 5. The maximum atomic E-state index is 13.6. The van der Waals surface area contributed by atoms with Crippen LogP contribution in [0.1, 0.15) is 0 Å². The second-order valence-electron chi connectivity index (χ2n) is 4.06. The summed E-state index contributed by atoms with van der Waals surface area (Å²) >= 11 is 0. The highest BCUT2D eigenvalue weighted by Crippen LogP contribution is 2.29. The number of hydrogen-bond acceptors (Lipinski definition) is 3. The van der Waals surface area contributed by atoms with E-state index in [9.17, 15) is 22.0 Å². The fourth-order valence-electron chi connectivity index (χ4n) is 1.63. The van der Waals surface area contributed by atoms with Gasteiger partial charge in [0.2, 0.25) is 0 Å². The minimum atomic E-state index is -4.85. The minimum Gasteiger partial charge on any atom is -0.406 e. The van der Waals surface area contributed by atoms with E-state index in [1.165, 1.54) is 12.1 Å². The van der Waals surface area contributed by atoms with Crippen LogP contribution in [0.15, 0.2) is 36.4 Å². The number of nitrogens with two attached hydrogens (primary N) is 1. The van der Waals surface area contributed by atoms with Gasteiger partial charge in [-0.3, -0.25) is 0 Å². The smallest absolute Gasteiger partial charge is 0.406 e. The van der Waals surface area contributed by atoms with E-state index in [0.29, 0.717) is 0 Å². The summed E-state index contributed by atoms with van der Waals surface area (Å²) in [4.78, 5) is 0. The van der Waals surface area contributed by atoms with Gasteiger partial charge in [-0.2, -0.15) is 0 Å². The predicted octanol–water partition coefficient (Wildman–Crippen LogP) is 4.19. The van der Waals surface area contributed by atoms with Crippen LogP contribution in [0.3, 0.4) is 0 Å². The molecule has 0 amide bonds. The summed E-state index contributed by atoms with van der Waals surface area (Å²) in [7, 11) is 0. The Hall–Kier alpha value is -2.51. The molecule has 2 aromatic rings. The minimum absolute atomic E-state index is 0.0271. The SMILES string of the molecule is Nc1cc(F)c(Nc2cccc(OC(F)(F)F)c2)c(F)c1. The van der Waals surface area contributed by atoms with Crippen LogP contribution in [0.4, 0.5) is 39.0 Å². The van der Waals surface area contributed by atoms with Gasteiger partial charge in [0.15, 0.2) is 11.6 Å². The maximum absolute atomic E-state index is 13.6. The second kappa shape index (κ2) is 5.47. The third kappa shape index (κ3) is 3.98. The van der Waals surface area contributed by atoms with Gasteiger partial charge in [-0.25, -0.2) is 8.78 Å². The zero-order valence-electron chi connectivity index (χ0n) is 10.3. The first-order chi connectivity index (χ1) is 9.74. The second-order valence-corrected chi connectivity index (χ2v) is 4.06. The molecule has 2 aromatic carbocycles. The summed E-state index contributed by atoms with van der Waals surface area (Å²) in [5.74, 6) is -2.44. The van der Waals surface area contributed by atoms with Crippen molar-refractivity contribution in [1.29, 1.82) is 0 Å². The number of anilines is 3. The lowest BCUT2D eigenvalue weighted by Crippen LogP contribution is -2.17. The van der Waals surface area contributed by atoms with Gasteiger partial charge in [-0.1, -0.05) is 6.07 Å². The van der Waals surface area contributed by atoms with E-state index in [1.54, 1.807) is 0 Å². The highest BCUT2D eigenvalue weighted by Gasteiger charge is 2.31.